The van der Waals surface area contributed by atoms with Crippen molar-refractivity contribution in [3.63, 3.8) is 0 Å². The Kier molecular flexibility index (Phi) is 5.09. The first-order valence-corrected chi connectivity index (χ1v) is 6.24. The van der Waals surface area contributed by atoms with Gasteiger partial charge in [-0.1, -0.05) is 20.8 Å². The third kappa shape index (κ3) is 4.07. The Bertz CT molecular complexity index is 303. The van der Waals surface area contributed by atoms with Gasteiger partial charge in [-0.2, -0.15) is 5.26 Å². The van der Waals surface area contributed by atoms with Gasteiger partial charge in [-0.3, -0.25) is 0 Å². The molecule has 0 radical (unpaired) electrons. The van der Waals surface area contributed by atoms with Gasteiger partial charge in [0, 0.05) is 6.54 Å². The van der Waals surface area contributed by atoms with Crippen LogP contribution in [0.15, 0.2) is 0 Å². The fraction of sp³-hybridized carbons (Fsp3) is 0.889. The average Bonchev–Trinajstić information content (AvgIpc) is 2.12. The molecule has 1 N–H and O–H groups in total. The molecule has 0 heterocycles. The van der Waals surface area contributed by atoms with Crippen molar-refractivity contribution in [3.05, 3.63) is 0 Å². The van der Waals surface area contributed by atoms with E-state index in [4.69, 9.17) is 5.26 Å². The summed E-state index contributed by atoms with van der Waals surface area (Å²) in [6.45, 7) is 7.82. The molecule has 0 aromatic carbocycles. The zero-order chi connectivity index (χ0) is 11.4. The maximum absolute atomic E-state index is 11.4. The van der Waals surface area contributed by atoms with E-state index in [1.807, 2.05) is 20.8 Å². The first-order chi connectivity index (χ1) is 6.31. The summed E-state index contributed by atoms with van der Waals surface area (Å²) in [5, 5.41) is 7.49. The molecule has 4 nitrogen and oxygen atoms in total. The van der Waals surface area contributed by atoms with Gasteiger partial charge in [0.2, 0.25) is 10.0 Å². The van der Waals surface area contributed by atoms with Crippen LogP contribution in [0.5, 0.6) is 0 Å². The van der Waals surface area contributed by atoms with Gasteiger partial charge in [0.25, 0.3) is 0 Å². The first kappa shape index (κ1) is 13.4. The minimum absolute atomic E-state index is 0.274. The van der Waals surface area contributed by atoms with E-state index in [1.165, 1.54) is 6.92 Å². The maximum Gasteiger partial charge on any atom is 0.227 e. The minimum Gasteiger partial charge on any atom is -0.214 e. The molecule has 5 heteroatoms. The number of hydrogen-bond donors (Lipinski definition) is 1. The number of nitriles is 1. The molecular weight excluding hydrogens is 200 g/mol. The predicted molar refractivity (Wildman–Crippen MR) is 56.0 cm³/mol. The third-order valence-electron chi connectivity index (χ3n) is 2.39. The Morgan fingerprint density at radius 3 is 2.14 bits per heavy atom. The Morgan fingerprint density at radius 1 is 1.29 bits per heavy atom. The summed E-state index contributed by atoms with van der Waals surface area (Å²) >= 11 is 0. The Hall–Kier alpha value is -0.600. The van der Waals surface area contributed by atoms with Crippen LogP contribution in [0.25, 0.3) is 0 Å². The molecule has 0 bridgehead atoms. The van der Waals surface area contributed by atoms with E-state index in [9.17, 15) is 8.42 Å². The SMILES string of the molecule is CC(C)C(C)CNS(=O)(=O)C(C)C#N. The molecule has 14 heavy (non-hydrogen) atoms. The summed E-state index contributed by atoms with van der Waals surface area (Å²) < 4.78 is 25.2. The number of sulfonamides is 1. The van der Waals surface area contributed by atoms with Gasteiger partial charge >= 0.3 is 0 Å². The van der Waals surface area contributed by atoms with Crippen LogP contribution in [0, 0.1) is 23.2 Å². The summed E-state index contributed by atoms with van der Waals surface area (Å²) in [7, 11) is -3.45. The largest absolute Gasteiger partial charge is 0.227 e. The van der Waals surface area contributed by atoms with Crippen molar-refractivity contribution >= 4 is 10.0 Å². The van der Waals surface area contributed by atoms with Crippen molar-refractivity contribution in [2.45, 2.75) is 32.9 Å². The minimum atomic E-state index is -3.45. The highest BCUT2D eigenvalue weighted by atomic mass is 32.2. The van der Waals surface area contributed by atoms with Crippen LogP contribution >= 0.6 is 0 Å². The zero-order valence-corrected chi connectivity index (χ0v) is 9.93. The fourth-order valence-electron chi connectivity index (χ4n) is 0.678. The molecule has 0 fully saturated rings. The molecule has 82 valence electrons. The molecule has 0 spiro atoms. The standard InChI is InChI=1S/C9H18N2O2S/c1-7(2)8(3)6-11-14(12,13)9(4)5-10/h7-9,11H,6H2,1-4H3. The van der Waals surface area contributed by atoms with Gasteiger partial charge in [0.1, 0.15) is 0 Å². The Labute approximate surface area is 86.4 Å². The van der Waals surface area contributed by atoms with Gasteiger partial charge in [-0.15, -0.1) is 0 Å². The van der Waals surface area contributed by atoms with Gasteiger partial charge in [0.05, 0.1) is 6.07 Å². The normalized spacial score (nSPS) is 16.3. The number of nitrogens with zero attached hydrogens (tertiary/aromatic N) is 1. The lowest BCUT2D eigenvalue weighted by molar-refractivity contribution is 0.414. The summed E-state index contributed by atoms with van der Waals surface area (Å²) in [5.41, 5.74) is 0. The van der Waals surface area contributed by atoms with Crippen LogP contribution in [0.1, 0.15) is 27.7 Å². The van der Waals surface area contributed by atoms with Crippen molar-refractivity contribution in [3.8, 4) is 6.07 Å². The summed E-state index contributed by atoms with van der Waals surface area (Å²) in [6.07, 6.45) is 0. The van der Waals surface area contributed by atoms with Crippen molar-refractivity contribution in [2.75, 3.05) is 6.54 Å². The molecule has 0 saturated carbocycles. The van der Waals surface area contributed by atoms with Crippen LogP contribution in [-0.2, 0) is 10.0 Å². The van der Waals surface area contributed by atoms with Crippen LogP contribution in [0.3, 0.4) is 0 Å². The number of hydrogen-bond acceptors (Lipinski definition) is 3. The second-order valence-corrected chi connectivity index (χ2v) is 5.97. The third-order valence-corrected chi connectivity index (χ3v) is 4.00. The predicted octanol–water partition coefficient (Wildman–Crippen LogP) is 1.11. The highest BCUT2D eigenvalue weighted by molar-refractivity contribution is 7.90. The molecule has 0 amide bonds. The summed E-state index contributed by atoms with van der Waals surface area (Å²) in [6, 6.07) is 1.71. The van der Waals surface area contributed by atoms with E-state index >= 15 is 0 Å². The molecular formula is C9H18N2O2S. The summed E-state index contributed by atoms with van der Waals surface area (Å²) in [5.74, 6) is 0.700. The Morgan fingerprint density at radius 2 is 1.79 bits per heavy atom. The van der Waals surface area contributed by atoms with Crippen molar-refractivity contribution in [1.82, 2.24) is 4.72 Å². The lowest BCUT2D eigenvalue weighted by Gasteiger charge is -2.16. The van der Waals surface area contributed by atoms with Crippen LogP contribution < -0.4 is 4.72 Å². The summed E-state index contributed by atoms with van der Waals surface area (Å²) in [4.78, 5) is 0. The first-order valence-electron chi connectivity index (χ1n) is 4.69. The van der Waals surface area contributed by atoms with E-state index in [1.54, 1.807) is 6.07 Å². The lowest BCUT2D eigenvalue weighted by atomic mass is 9.99. The zero-order valence-electron chi connectivity index (χ0n) is 9.11. The highest BCUT2D eigenvalue weighted by Gasteiger charge is 2.20. The van der Waals surface area contributed by atoms with E-state index in [0.29, 0.717) is 12.5 Å². The van der Waals surface area contributed by atoms with E-state index < -0.39 is 15.3 Å². The van der Waals surface area contributed by atoms with Crippen LogP contribution in [0.2, 0.25) is 0 Å². The number of rotatable bonds is 5. The maximum atomic E-state index is 11.4. The quantitative estimate of drug-likeness (QED) is 0.751. The molecule has 0 saturated heterocycles. The average molecular weight is 218 g/mol. The van der Waals surface area contributed by atoms with Crippen molar-refractivity contribution < 1.29 is 8.42 Å². The highest BCUT2D eigenvalue weighted by Crippen LogP contribution is 2.08. The second kappa shape index (κ2) is 5.32. The smallest absolute Gasteiger partial charge is 0.214 e. The molecule has 0 aromatic rings. The Balaban J connectivity index is 4.22. The monoisotopic (exact) mass is 218 g/mol. The molecule has 2 unspecified atom stereocenters. The van der Waals surface area contributed by atoms with Gasteiger partial charge in [0.15, 0.2) is 5.25 Å². The van der Waals surface area contributed by atoms with Crippen molar-refractivity contribution in [1.29, 1.82) is 5.26 Å². The van der Waals surface area contributed by atoms with Crippen molar-refractivity contribution in [2.24, 2.45) is 11.8 Å². The molecule has 0 aliphatic heterocycles. The van der Waals surface area contributed by atoms with Gasteiger partial charge in [-0.05, 0) is 18.8 Å². The molecule has 2 atom stereocenters. The molecule has 0 aliphatic rings. The fourth-order valence-corrected chi connectivity index (χ4v) is 1.56. The van der Waals surface area contributed by atoms with Gasteiger partial charge < -0.3 is 0 Å². The lowest BCUT2D eigenvalue weighted by Crippen LogP contribution is -2.35. The topological polar surface area (TPSA) is 70.0 Å². The molecule has 0 aromatic heterocycles. The molecule has 0 aliphatic carbocycles. The second-order valence-electron chi connectivity index (χ2n) is 3.89. The number of nitrogens with one attached hydrogen (secondary N) is 1. The van der Waals surface area contributed by atoms with E-state index in [-0.39, 0.29) is 5.92 Å². The van der Waals surface area contributed by atoms with E-state index in [2.05, 4.69) is 4.72 Å². The van der Waals surface area contributed by atoms with Crippen LogP contribution in [-0.4, -0.2) is 20.2 Å². The van der Waals surface area contributed by atoms with E-state index in [0.717, 1.165) is 0 Å². The van der Waals surface area contributed by atoms with Gasteiger partial charge in [-0.25, -0.2) is 13.1 Å². The molecule has 0 rings (SSSR count). The van der Waals surface area contributed by atoms with Crippen LogP contribution in [0.4, 0.5) is 0 Å².